The van der Waals surface area contributed by atoms with E-state index in [0.717, 1.165) is 67.4 Å². The van der Waals surface area contributed by atoms with Crippen molar-refractivity contribution in [2.24, 2.45) is 17.3 Å². The van der Waals surface area contributed by atoms with Gasteiger partial charge in [-0.2, -0.15) is 0 Å². The maximum atomic E-state index is 6.57. The predicted octanol–water partition coefficient (Wildman–Crippen LogP) is 5.97. The van der Waals surface area contributed by atoms with E-state index in [1.807, 2.05) is 18.2 Å². The van der Waals surface area contributed by atoms with E-state index in [-0.39, 0.29) is 17.3 Å². The highest BCUT2D eigenvalue weighted by atomic mass is 35.5. The number of halogens is 2. The highest BCUT2D eigenvalue weighted by molar-refractivity contribution is 6.39. The Labute approximate surface area is 191 Å². The molecule has 31 heavy (non-hydrogen) atoms. The summed E-state index contributed by atoms with van der Waals surface area (Å²) in [6, 6.07) is 5.52. The fourth-order valence-electron chi connectivity index (χ4n) is 6.80. The SMILES string of the molecule is Clc1cccc(Cl)c1-c1noc(C2CC2)c1CO[C@@H]1C[C@H]2CC3C[C@]3(C1)C21OCCO1. The summed E-state index contributed by atoms with van der Waals surface area (Å²) in [5.41, 5.74) is 2.62. The van der Waals surface area contributed by atoms with Gasteiger partial charge >= 0.3 is 0 Å². The smallest absolute Gasteiger partial charge is 0.177 e. The molecule has 1 aromatic heterocycles. The third-order valence-electron chi connectivity index (χ3n) is 8.32. The Morgan fingerprint density at radius 2 is 1.81 bits per heavy atom. The summed E-state index contributed by atoms with van der Waals surface area (Å²) in [4.78, 5) is 0. The van der Waals surface area contributed by atoms with Gasteiger partial charge in [0.2, 0.25) is 0 Å². The average molecular weight is 462 g/mol. The molecule has 1 saturated heterocycles. The first-order chi connectivity index (χ1) is 15.1. The topological polar surface area (TPSA) is 53.7 Å². The lowest BCUT2D eigenvalue weighted by molar-refractivity contribution is -0.257. The summed E-state index contributed by atoms with van der Waals surface area (Å²) in [6.07, 6.45) is 6.89. The van der Waals surface area contributed by atoms with Crippen molar-refractivity contribution in [1.29, 1.82) is 0 Å². The zero-order valence-electron chi connectivity index (χ0n) is 17.2. The van der Waals surface area contributed by atoms with E-state index < -0.39 is 0 Å². The fraction of sp³-hybridized carbons (Fsp3) is 0.625. The number of benzene rings is 1. The van der Waals surface area contributed by atoms with Gasteiger partial charge in [-0.25, -0.2) is 0 Å². The molecule has 7 heteroatoms. The Balaban J connectivity index is 1.16. The molecule has 0 N–H and O–H groups in total. The van der Waals surface area contributed by atoms with Gasteiger partial charge in [0, 0.05) is 28.4 Å². The molecule has 1 unspecified atom stereocenters. The summed E-state index contributed by atoms with van der Waals surface area (Å²) in [5.74, 6) is 2.21. The van der Waals surface area contributed by atoms with Crippen molar-refractivity contribution >= 4 is 23.2 Å². The second kappa shape index (κ2) is 6.71. The molecule has 2 heterocycles. The van der Waals surface area contributed by atoms with Gasteiger partial charge in [-0.1, -0.05) is 34.4 Å². The van der Waals surface area contributed by atoms with Crippen LogP contribution in [0, 0.1) is 17.3 Å². The van der Waals surface area contributed by atoms with Crippen LogP contribution in [0.3, 0.4) is 0 Å². The van der Waals surface area contributed by atoms with E-state index in [1.54, 1.807) is 0 Å². The van der Waals surface area contributed by atoms with Gasteiger partial charge < -0.3 is 18.7 Å². The van der Waals surface area contributed by atoms with Gasteiger partial charge in [-0.3, -0.25) is 0 Å². The van der Waals surface area contributed by atoms with E-state index in [0.29, 0.717) is 28.5 Å². The largest absolute Gasteiger partial charge is 0.373 e. The van der Waals surface area contributed by atoms with Gasteiger partial charge in [-0.05, 0) is 56.6 Å². The first kappa shape index (κ1) is 19.4. The minimum Gasteiger partial charge on any atom is -0.373 e. The number of hydrogen-bond donors (Lipinski definition) is 0. The number of rotatable bonds is 5. The van der Waals surface area contributed by atoms with Crippen molar-refractivity contribution in [3.8, 4) is 11.3 Å². The molecule has 5 nitrogen and oxygen atoms in total. The van der Waals surface area contributed by atoms with Crippen molar-refractivity contribution in [3.63, 3.8) is 0 Å². The molecule has 1 aromatic carbocycles. The predicted molar refractivity (Wildman–Crippen MR) is 115 cm³/mol. The Hall–Kier alpha value is -1.11. The van der Waals surface area contributed by atoms with Crippen LogP contribution in [0.15, 0.2) is 22.7 Å². The van der Waals surface area contributed by atoms with Gasteiger partial charge in [0.25, 0.3) is 0 Å². The molecule has 0 radical (unpaired) electrons. The summed E-state index contributed by atoms with van der Waals surface area (Å²) in [7, 11) is 0. The van der Waals surface area contributed by atoms with Gasteiger partial charge in [0.05, 0.1) is 36.0 Å². The molecule has 5 fully saturated rings. The molecule has 5 aliphatic rings. The lowest BCUT2D eigenvalue weighted by Gasteiger charge is -2.45. The summed E-state index contributed by atoms with van der Waals surface area (Å²) >= 11 is 13.0. The maximum absolute atomic E-state index is 6.57. The van der Waals surface area contributed by atoms with Crippen molar-refractivity contribution in [2.75, 3.05) is 13.2 Å². The molecular weight excluding hydrogens is 437 g/mol. The molecule has 4 aliphatic carbocycles. The van der Waals surface area contributed by atoms with E-state index in [2.05, 4.69) is 5.16 Å². The third kappa shape index (κ3) is 2.70. The summed E-state index contributed by atoms with van der Waals surface area (Å²) in [6.45, 7) is 1.92. The molecule has 2 aromatic rings. The van der Waals surface area contributed by atoms with Gasteiger partial charge in [-0.15, -0.1) is 0 Å². The van der Waals surface area contributed by atoms with E-state index in [1.165, 1.54) is 12.8 Å². The monoisotopic (exact) mass is 461 g/mol. The molecule has 1 aliphatic heterocycles. The van der Waals surface area contributed by atoms with Gasteiger partial charge in [0.15, 0.2) is 5.79 Å². The van der Waals surface area contributed by atoms with Crippen molar-refractivity contribution < 1.29 is 18.7 Å². The van der Waals surface area contributed by atoms with E-state index >= 15 is 0 Å². The van der Waals surface area contributed by atoms with Crippen LogP contribution >= 0.6 is 23.2 Å². The number of aromatic nitrogens is 1. The highest BCUT2D eigenvalue weighted by Gasteiger charge is 2.79. The van der Waals surface area contributed by atoms with Crippen LogP contribution in [0.4, 0.5) is 0 Å². The Bertz CT molecular complexity index is 1020. The minimum atomic E-state index is -0.329. The second-order valence-electron chi connectivity index (χ2n) is 9.97. The zero-order chi connectivity index (χ0) is 20.8. The Morgan fingerprint density at radius 3 is 2.52 bits per heavy atom. The van der Waals surface area contributed by atoms with Crippen LogP contribution in [0.2, 0.25) is 10.0 Å². The molecule has 2 bridgehead atoms. The number of ether oxygens (including phenoxy) is 3. The van der Waals surface area contributed by atoms with Crippen molar-refractivity contribution in [1.82, 2.24) is 5.16 Å². The average Bonchev–Trinajstić information content (AvgIpc) is 3.59. The lowest BCUT2D eigenvalue weighted by atomic mass is 9.75. The van der Waals surface area contributed by atoms with Crippen LogP contribution < -0.4 is 0 Å². The van der Waals surface area contributed by atoms with E-state index in [9.17, 15) is 0 Å². The first-order valence-corrected chi connectivity index (χ1v) is 12.2. The lowest BCUT2D eigenvalue weighted by Crippen LogP contribution is -2.51. The Kier molecular flexibility index (Phi) is 4.19. The number of hydrogen-bond acceptors (Lipinski definition) is 5. The fourth-order valence-corrected chi connectivity index (χ4v) is 7.38. The maximum Gasteiger partial charge on any atom is 0.177 e. The second-order valence-corrected chi connectivity index (χ2v) is 10.8. The standard InChI is InChI=1S/C24H25Cl2NO4/c25-18-2-1-3-19(26)20(18)21-17(22(31-27-21)13-4-5-13)12-28-16-9-14-8-15-10-23(15,11-16)24(14)29-6-7-30-24/h1-3,13-16H,4-12H2/t14-,15?,16-,23-/m1/s1. The summed E-state index contributed by atoms with van der Waals surface area (Å²) in [5, 5.41) is 5.55. The van der Waals surface area contributed by atoms with Gasteiger partial charge in [0.1, 0.15) is 11.5 Å². The zero-order valence-corrected chi connectivity index (χ0v) is 18.8. The molecule has 4 saturated carbocycles. The highest BCUT2D eigenvalue weighted by Crippen LogP contribution is 2.77. The number of nitrogens with zero attached hydrogens (tertiary/aromatic N) is 1. The van der Waals surface area contributed by atoms with Crippen molar-refractivity contribution in [2.45, 2.75) is 62.9 Å². The van der Waals surface area contributed by atoms with E-state index in [4.69, 9.17) is 41.9 Å². The quantitative estimate of drug-likeness (QED) is 0.548. The molecule has 7 rings (SSSR count). The van der Waals surface area contributed by atoms with Crippen LogP contribution in [-0.2, 0) is 20.8 Å². The minimum absolute atomic E-state index is 0.167. The van der Waals surface area contributed by atoms with Crippen LogP contribution in [0.25, 0.3) is 11.3 Å². The molecule has 0 amide bonds. The Morgan fingerprint density at radius 1 is 1.03 bits per heavy atom. The molecule has 4 atom stereocenters. The molecular formula is C24H25Cl2NO4. The summed E-state index contributed by atoms with van der Waals surface area (Å²) < 4.78 is 24.8. The van der Waals surface area contributed by atoms with Crippen LogP contribution in [0.5, 0.6) is 0 Å². The normalized spacial score (nSPS) is 35.0. The molecule has 2 spiro atoms. The first-order valence-electron chi connectivity index (χ1n) is 11.4. The third-order valence-corrected chi connectivity index (χ3v) is 8.95. The van der Waals surface area contributed by atoms with Crippen LogP contribution in [-0.4, -0.2) is 30.3 Å². The molecule has 164 valence electrons. The van der Waals surface area contributed by atoms with Crippen molar-refractivity contribution in [3.05, 3.63) is 39.6 Å². The van der Waals surface area contributed by atoms with Crippen LogP contribution in [0.1, 0.15) is 55.8 Å².